The van der Waals surface area contributed by atoms with Gasteiger partial charge in [-0.25, -0.2) is 0 Å². The molecule has 2 atom stereocenters. The molecule has 1 aromatic rings. The number of aliphatic hydroxyl groups excluding tert-OH is 1. The van der Waals surface area contributed by atoms with Crippen molar-refractivity contribution in [2.45, 2.75) is 46.8 Å². The molecule has 0 heterocycles. The third kappa shape index (κ3) is 2.21. The van der Waals surface area contributed by atoms with Gasteiger partial charge in [-0.15, -0.1) is 0 Å². The van der Waals surface area contributed by atoms with Crippen LogP contribution in [0.1, 0.15) is 40.8 Å². The summed E-state index contributed by atoms with van der Waals surface area (Å²) in [5.74, 6) is 0. The third-order valence-electron chi connectivity index (χ3n) is 3.28. The Balaban J connectivity index is 3.39. The average Bonchev–Trinajstić information content (AvgIpc) is 2.15. The average molecular weight is 207 g/mol. The van der Waals surface area contributed by atoms with Gasteiger partial charge in [0.05, 0.1) is 12.1 Å². The van der Waals surface area contributed by atoms with Crippen LogP contribution in [0.4, 0.5) is 0 Å². The molecule has 2 nitrogen and oxygen atoms in total. The molecule has 1 aromatic carbocycles. The molecule has 0 radical (unpaired) electrons. The predicted octanol–water partition coefficient (Wildman–Crippen LogP) is 2.30. The summed E-state index contributed by atoms with van der Waals surface area (Å²) < 4.78 is 0. The fourth-order valence-electron chi connectivity index (χ4n) is 1.99. The molecular formula is C13H21NO. The van der Waals surface area contributed by atoms with Gasteiger partial charge in [0.2, 0.25) is 0 Å². The first kappa shape index (κ1) is 12.2. The van der Waals surface area contributed by atoms with Crippen LogP contribution in [0, 0.1) is 27.7 Å². The molecule has 0 spiro atoms. The van der Waals surface area contributed by atoms with Crippen LogP contribution in [-0.2, 0) is 0 Å². The van der Waals surface area contributed by atoms with Crippen molar-refractivity contribution in [1.82, 2.24) is 0 Å². The van der Waals surface area contributed by atoms with Gasteiger partial charge in [-0.3, -0.25) is 0 Å². The van der Waals surface area contributed by atoms with Crippen LogP contribution < -0.4 is 5.73 Å². The lowest BCUT2D eigenvalue weighted by molar-refractivity contribution is 0.163. The molecule has 0 amide bonds. The molecule has 1 rings (SSSR count). The molecule has 0 saturated carbocycles. The zero-order chi connectivity index (χ0) is 11.7. The van der Waals surface area contributed by atoms with Crippen molar-refractivity contribution in [3.63, 3.8) is 0 Å². The van der Waals surface area contributed by atoms with Gasteiger partial charge >= 0.3 is 0 Å². The van der Waals surface area contributed by atoms with Gasteiger partial charge < -0.3 is 10.8 Å². The van der Waals surface area contributed by atoms with Crippen LogP contribution in [0.2, 0.25) is 0 Å². The maximum atomic E-state index is 9.58. The van der Waals surface area contributed by atoms with Crippen molar-refractivity contribution in [1.29, 1.82) is 0 Å². The Morgan fingerprint density at radius 1 is 1.07 bits per heavy atom. The van der Waals surface area contributed by atoms with Crippen molar-refractivity contribution >= 4 is 0 Å². The maximum absolute atomic E-state index is 9.58. The fraction of sp³-hybridized carbons (Fsp3) is 0.538. The van der Waals surface area contributed by atoms with E-state index in [9.17, 15) is 5.11 Å². The van der Waals surface area contributed by atoms with Crippen LogP contribution >= 0.6 is 0 Å². The molecule has 0 aliphatic rings. The van der Waals surface area contributed by atoms with Crippen molar-refractivity contribution in [3.8, 4) is 0 Å². The van der Waals surface area contributed by atoms with E-state index in [-0.39, 0.29) is 6.04 Å². The number of aryl methyl sites for hydroxylation is 2. The van der Waals surface area contributed by atoms with Gasteiger partial charge in [0.1, 0.15) is 0 Å². The molecular weight excluding hydrogens is 186 g/mol. The normalized spacial score (nSPS) is 15.1. The van der Waals surface area contributed by atoms with Crippen molar-refractivity contribution in [2.24, 2.45) is 5.73 Å². The second kappa shape index (κ2) is 4.33. The highest BCUT2D eigenvalue weighted by atomic mass is 16.3. The first-order valence-corrected chi connectivity index (χ1v) is 5.37. The van der Waals surface area contributed by atoms with Crippen LogP contribution in [0.5, 0.6) is 0 Å². The van der Waals surface area contributed by atoms with E-state index in [1.165, 1.54) is 22.3 Å². The maximum Gasteiger partial charge on any atom is 0.0704 e. The largest absolute Gasteiger partial charge is 0.391 e. The number of hydrogen-bond donors (Lipinski definition) is 2. The summed E-state index contributed by atoms with van der Waals surface area (Å²) in [6.45, 7) is 10.0. The first-order valence-electron chi connectivity index (χ1n) is 5.37. The minimum atomic E-state index is -0.511. The summed E-state index contributed by atoms with van der Waals surface area (Å²) in [5.41, 5.74) is 12.0. The lowest BCUT2D eigenvalue weighted by Gasteiger charge is -2.22. The van der Waals surface area contributed by atoms with E-state index in [4.69, 9.17) is 5.73 Å². The SMILES string of the molecule is Cc1cc(C)c(C)c(C(N)C(C)O)c1C. The number of hydrogen-bond acceptors (Lipinski definition) is 2. The lowest BCUT2D eigenvalue weighted by atomic mass is 9.88. The van der Waals surface area contributed by atoms with E-state index in [0.717, 1.165) is 5.56 Å². The first-order chi connectivity index (χ1) is 6.86. The number of rotatable bonds is 2. The summed E-state index contributed by atoms with van der Waals surface area (Å²) in [5, 5.41) is 9.58. The van der Waals surface area contributed by atoms with Crippen LogP contribution in [-0.4, -0.2) is 11.2 Å². The summed E-state index contributed by atoms with van der Waals surface area (Å²) >= 11 is 0. The van der Waals surface area contributed by atoms with E-state index in [0.29, 0.717) is 0 Å². The molecule has 0 saturated heterocycles. The van der Waals surface area contributed by atoms with E-state index < -0.39 is 6.10 Å². The summed E-state index contributed by atoms with van der Waals surface area (Å²) in [7, 11) is 0. The molecule has 2 heteroatoms. The highest BCUT2D eigenvalue weighted by molar-refractivity contribution is 5.45. The van der Waals surface area contributed by atoms with E-state index in [2.05, 4.69) is 33.8 Å². The van der Waals surface area contributed by atoms with Crippen molar-refractivity contribution in [3.05, 3.63) is 33.9 Å². The van der Waals surface area contributed by atoms with Crippen LogP contribution in [0.25, 0.3) is 0 Å². The number of aliphatic hydroxyl groups is 1. The minimum Gasteiger partial charge on any atom is -0.391 e. The molecule has 2 unspecified atom stereocenters. The minimum absolute atomic E-state index is 0.288. The standard InChI is InChI=1S/C13H21NO/c1-7-6-8(2)10(4)12(9(7)3)13(14)11(5)15/h6,11,13,15H,14H2,1-5H3. The quantitative estimate of drug-likeness (QED) is 0.781. The zero-order valence-corrected chi connectivity index (χ0v) is 10.3. The fourth-order valence-corrected chi connectivity index (χ4v) is 1.99. The Morgan fingerprint density at radius 3 is 1.80 bits per heavy atom. The lowest BCUT2D eigenvalue weighted by Crippen LogP contribution is -2.25. The Bertz CT molecular complexity index is 343. The van der Waals surface area contributed by atoms with Gasteiger partial charge in [0, 0.05) is 0 Å². The number of benzene rings is 1. The highest BCUT2D eigenvalue weighted by Gasteiger charge is 2.18. The van der Waals surface area contributed by atoms with Crippen molar-refractivity contribution in [2.75, 3.05) is 0 Å². The Hall–Kier alpha value is -0.860. The second-order valence-electron chi connectivity index (χ2n) is 4.44. The smallest absolute Gasteiger partial charge is 0.0704 e. The molecule has 0 bridgehead atoms. The number of nitrogens with two attached hydrogens (primary N) is 1. The van der Waals surface area contributed by atoms with Crippen LogP contribution in [0.15, 0.2) is 6.07 Å². The Morgan fingerprint density at radius 2 is 1.47 bits per heavy atom. The molecule has 3 N–H and O–H groups in total. The van der Waals surface area contributed by atoms with Gasteiger partial charge in [-0.2, -0.15) is 0 Å². The monoisotopic (exact) mass is 207 g/mol. The van der Waals surface area contributed by atoms with E-state index in [1.54, 1.807) is 6.92 Å². The molecule has 0 aliphatic carbocycles. The second-order valence-corrected chi connectivity index (χ2v) is 4.44. The highest BCUT2D eigenvalue weighted by Crippen LogP contribution is 2.27. The van der Waals surface area contributed by atoms with Gasteiger partial charge in [-0.05, 0) is 62.4 Å². The van der Waals surface area contributed by atoms with Crippen molar-refractivity contribution < 1.29 is 5.11 Å². The topological polar surface area (TPSA) is 46.2 Å². The van der Waals surface area contributed by atoms with Gasteiger partial charge in [0.15, 0.2) is 0 Å². The molecule has 0 aliphatic heterocycles. The third-order valence-corrected chi connectivity index (χ3v) is 3.28. The van der Waals surface area contributed by atoms with Gasteiger partial charge in [0.25, 0.3) is 0 Å². The molecule has 15 heavy (non-hydrogen) atoms. The Labute approximate surface area is 92.1 Å². The summed E-state index contributed by atoms with van der Waals surface area (Å²) in [4.78, 5) is 0. The summed E-state index contributed by atoms with van der Waals surface area (Å²) in [6.07, 6.45) is -0.511. The van der Waals surface area contributed by atoms with E-state index >= 15 is 0 Å². The van der Waals surface area contributed by atoms with Crippen LogP contribution in [0.3, 0.4) is 0 Å². The zero-order valence-electron chi connectivity index (χ0n) is 10.3. The van der Waals surface area contributed by atoms with Gasteiger partial charge in [-0.1, -0.05) is 6.07 Å². The van der Waals surface area contributed by atoms with E-state index in [1.807, 2.05) is 0 Å². The molecule has 84 valence electrons. The Kier molecular flexibility index (Phi) is 3.53. The predicted molar refractivity (Wildman–Crippen MR) is 64.0 cm³/mol. The molecule has 0 aromatic heterocycles. The summed E-state index contributed by atoms with van der Waals surface area (Å²) in [6, 6.07) is 1.88. The molecule has 0 fully saturated rings.